The van der Waals surface area contributed by atoms with E-state index >= 15 is 0 Å². The minimum atomic E-state index is -0.144. The molecule has 0 aromatic carbocycles. The normalized spacial score (nSPS) is 14.8. The number of carbonyl (C=O) groups is 2. The van der Waals surface area contributed by atoms with Crippen LogP contribution < -0.4 is 5.43 Å². The zero-order valence-corrected chi connectivity index (χ0v) is 11.1. The highest BCUT2D eigenvalue weighted by molar-refractivity contribution is 6.39. The molecule has 1 aromatic heterocycles. The number of hydrogen-bond donors (Lipinski definition) is 1. The average molecular weight is 263 g/mol. The number of rotatable bonds is 4. The molecule has 1 aliphatic heterocycles. The number of aryl methyl sites for hydroxylation is 1. The van der Waals surface area contributed by atoms with E-state index in [2.05, 4.69) is 15.6 Å². The Morgan fingerprint density at radius 1 is 1.53 bits per heavy atom. The average Bonchev–Trinajstić information content (AvgIpc) is 2.82. The van der Waals surface area contributed by atoms with Crippen molar-refractivity contribution in [2.45, 2.75) is 19.3 Å². The molecule has 0 fully saturated rings. The van der Waals surface area contributed by atoms with E-state index in [4.69, 9.17) is 0 Å². The van der Waals surface area contributed by atoms with Crippen LogP contribution in [0.15, 0.2) is 17.5 Å². The van der Waals surface area contributed by atoms with Crippen LogP contribution in [0.3, 0.4) is 0 Å². The van der Waals surface area contributed by atoms with Gasteiger partial charge in [-0.15, -0.1) is 0 Å². The van der Waals surface area contributed by atoms with Gasteiger partial charge >= 0.3 is 0 Å². The third-order valence-corrected chi connectivity index (χ3v) is 2.99. The number of nitrogens with one attached hydrogen (secondary N) is 1. The molecule has 7 heteroatoms. The van der Waals surface area contributed by atoms with Crippen molar-refractivity contribution in [1.29, 1.82) is 0 Å². The van der Waals surface area contributed by atoms with Crippen LogP contribution in [0, 0.1) is 0 Å². The van der Waals surface area contributed by atoms with Gasteiger partial charge < -0.3 is 4.90 Å². The van der Waals surface area contributed by atoms with Gasteiger partial charge in [0.05, 0.1) is 6.20 Å². The number of hydrazone groups is 1. The van der Waals surface area contributed by atoms with Crippen molar-refractivity contribution >= 4 is 17.5 Å². The quantitative estimate of drug-likeness (QED) is 0.809. The Bertz CT molecular complexity index is 520. The lowest BCUT2D eigenvalue weighted by molar-refractivity contribution is -0.123. The molecule has 1 N–H and O–H groups in total. The SMILES string of the molecule is CN(CCc1cnn(C)c1)C(=O)C1=NNC(=O)CC1. The first-order valence-electron chi connectivity index (χ1n) is 6.14. The second-order valence-electron chi connectivity index (χ2n) is 4.59. The molecule has 0 radical (unpaired) electrons. The van der Waals surface area contributed by atoms with Crippen molar-refractivity contribution in [2.75, 3.05) is 13.6 Å². The molecule has 7 nitrogen and oxygen atoms in total. The summed E-state index contributed by atoms with van der Waals surface area (Å²) in [4.78, 5) is 24.6. The predicted molar refractivity (Wildman–Crippen MR) is 69.4 cm³/mol. The smallest absolute Gasteiger partial charge is 0.269 e. The molecular formula is C12H17N5O2. The summed E-state index contributed by atoms with van der Waals surface area (Å²) < 4.78 is 1.73. The fraction of sp³-hybridized carbons (Fsp3) is 0.500. The first-order chi connectivity index (χ1) is 9.06. The Balaban J connectivity index is 1.87. The molecule has 1 aromatic rings. The molecular weight excluding hydrogens is 246 g/mol. The molecule has 0 atom stereocenters. The molecule has 0 aliphatic carbocycles. The van der Waals surface area contributed by atoms with Gasteiger partial charge in [-0.3, -0.25) is 14.3 Å². The van der Waals surface area contributed by atoms with Crippen LogP contribution in [-0.2, 0) is 23.1 Å². The summed E-state index contributed by atoms with van der Waals surface area (Å²) in [5.74, 6) is -0.279. The molecule has 0 unspecified atom stereocenters. The number of nitrogens with zero attached hydrogens (tertiary/aromatic N) is 4. The van der Waals surface area contributed by atoms with Crippen molar-refractivity contribution in [3.8, 4) is 0 Å². The zero-order valence-electron chi connectivity index (χ0n) is 11.1. The van der Waals surface area contributed by atoms with Gasteiger partial charge in [0.1, 0.15) is 5.71 Å². The van der Waals surface area contributed by atoms with Gasteiger partial charge in [0, 0.05) is 39.7 Å². The second-order valence-corrected chi connectivity index (χ2v) is 4.59. The van der Waals surface area contributed by atoms with Crippen molar-refractivity contribution in [3.05, 3.63) is 18.0 Å². The van der Waals surface area contributed by atoms with Gasteiger partial charge in [-0.2, -0.15) is 10.2 Å². The Morgan fingerprint density at radius 3 is 2.89 bits per heavy atom. The molecule has 2 heterocycles. The number of likely N-dealkylation sites (N-methyl/N-ethyl adjacent to an activating group) is 1. The molecule has 2 rings (SSSR count). The Hall–Kier alpha value is -2.18. The third kappa shape index (κ3) is 3.40. The van der Waals surface area contributed by atoms with Gasteiger partial charge in [-0.25, -0.2) is 5.43 Å². The molecule has 0 spiro atoms. The third-order valence-electron chi connectivity index (χ3n) is 2.99. The number of amides is 2. The van der Waals surface area contributed by atoms with E-state index in [-0.39, 0.29) is 11.8 Å². The van der Waals surface area contributed by atoms with Crippen molar-refractivity contribution in [2.24, 2.45) is 12.1 Å². The van der Waals surface area contributed by atoms with Crippen LogP contribution in [0.2, 0.25) is 0 Å². The standard InChI is InChI=1S/C12H17N5O2/c1-16(6-5-9-7-13-17(2)8-9)12(19)10-3-4-11(18)15-14-10/h7-8H,3-6H2,1-2H3,(H,15,18). The Labute approximate surface area is 111 Å². The van der Waals surface area contributed by atoms with E-state index in [1.165, 1.54) is 0 Å². The van der Waals surface area contributed by atoms with Crippen molar-refractivity contribution < 1.29 is 9.59 Å². The van der Waals surface area contributed by atoms with Crippen LogP contribution in [0.5, 0.6) is 0 Å². The highest BCUT2D eigenvalue weighted by Crippen LogP contribution is 2.04. The van der Waals surface area contributed by atoms with Gasteiger partial charge in [-0.1, -0.05) is 0 Å². The van der Waals surface area contributed by atoms with Crippen molar-refractivity contribution in [1.82, 2.24) is 20.1 Å². The molecule has 0 saturated heterocycles. The molecule has 1 aliphatic rings. The summed E-state index contributed by atoms with van der Waals surface area (Å²) in [5.41, 5.74) is 3.83. The summed E-state index contributed by atoms with van der Waals surface area (Å²) in [6.45, 7) is 0.595. The first-order valence-corrected chi connectivity index (χ1v) is 6.14. The summed E-state index contributed by atoms with van der Waals surface area (Å²) in [6, 6.07) is 0. The topological polar surface area (TPSA) is 79.6 Å². The highest BCUT2D eigenvalue weighted by Gasteiger charge is 2.21. The zero-order chi connectivity index (χ0) is 13.8. The summed E-state index contributed by atoms with van der Waals surface area (Å²) in [6.07, 6.45) is 5.19. The van der Waals surface area contributed by atoms with Crippen LogP contribution in [0.1, 0.15) is 18.4 Å². The van der Waals surface area contributed by atoms with E-state index in [9.17, 15) is 9.59 Å². The molecule has 19 heavy (non-hydrogen) atoms. The van der Waals surface area contributed by atoms with E-state index < -0.39 is 0 Å². The predicted octanol–water partition coefficient (Wildman–Crippen LogP) is -0.313. The summed E-state index contributed by atoms with van der Waals surface area (Å²) in [7, 11) is 3.59. The van der Waals surface area contributed by atoms with E-state index in [0.717, 1.165) is 12.0 Å². The fourth-order valence-corrected chi connectivity index (χ4v) is 1.85. The van der Waals surface area contributed by atoms with Crippen LogP contribution in [0.4, 0.5) is 0 Å². The monoisotopic (exact) mass is 263 g/mol. The first kappa shape index (κ1) is 13.3. The maximum absolute atomic E-state index is 12.1. The number of hydrogen-bond acceptors (Lipinski definition) is 4. The largest absolute Gasteiger partial charge is 0.340 e. The molecule has 0 saturated carbocycles. The minimum Gasteiger partial charge on any atom is -0.340 e. The van der Waals surface area contributed by atoms with E-state index in [1.54, 1.807) is 22.8 Å². The lowest BCUT2D eigenvalue weighted by Gasteiger charge is -2.19. The van der Waals surface area contributed by atoms with Gasteiger partial charge in [0.25, 0.3) is 5.91 Å². The van der Waals surface area contributed by atoms with Crippen molar-refractivity contribution in [3.63, 3.8) is 0 Å². The molecule has 0 bridgehead atoms. The van der Waals surface area contributed by atoms with Gasteiger partial charge in [-0.05, 0) is 12.0 Å². The van der Waals surface area contributed by atoms with E-state index in [1.807, 2.05) is 13.2 Å². The number of aromatic nitrogens is 2. The van der Waals surface area contributed by atoms with E-state index in [0.29, 0.717) is 25.1 Å². The molecule has 2 amide bonds. The minimum absolute atomic E-state index is 0.135. The lowest BCUT2D eigenvalue weighted by Crippen LogP contribution is -2.38. The molecule has 102 valence electrons. The van der Waals surface area contributed by atoms with Crippen LogP contribution >= 0.6 is 0 Å². The fourth-order valence-electron chi connectivity index (χ4n) is 1.85. The number of carbonyl (C=O) groups excluding carboxylic acids is 2. The van der Waals surface area contributed by atoms with Gasteiger partial charge in [0.2, 0.25) is 5.91 Å². The Kier molecular flexibility index (Phi) is 3.94. The lowest BCUT2D eigenvalue weighted by atomic mass is 10.1. The van der Waals surface area contributed by atoms with Gasteiger partial charge in [0.15, 0.2) is 0 Å². The van der Waals surface area contributed by atoms with Crippen LogP contribution in [-0.4, -0.2) is 45.8 Å². The summed E-state index contributed by atoms with van der Waals surface area (Å²) in [5, 5.41) is 7.88. The second kappa shape index (κ2) is 5.64. The maximum atomic E-state index is 12.1. The maximum Gasteiger partial charge on any atom is 0.269 e. The van der Waals surface area contributed by atoms with Crippen LogP contribution in [0.25, 0.3) is 0 Å². The summed E-state index contributed by atoms with van der Waals surface area (Å²) >= 11 is 0. The highest BCUT2D eigenvalue weighted by atomic mass is 16.2. The Morgan fingerprint density at radius 2 is 2.32 bits per heavy atom.